The Hall–Kier alpha value is -3.11. The second-order valence-electron chi connectivity index (χ2n) is 7.26. The fraction of sp³-hybridized carbons (Fsp3) is 0.333. The third kappa shape index (κ3) is 4.49. The van der Waals surface area contributed by atoms with Gasteiger partial charge in [0.15, 0.2) is 11.5 Å². The largest absolute Gasteiger partial charge is 0.486 e. The summed E-state index contributed by atoms with van der Waals surface area (Å²) in [6, 6.07) is 11.3. The van der Waals surface area contributed by atoms with Gasteiger partial charge in [-0.3, -0.25) is 9.59 Å². The molecule has 0 spiro atoms. The van der Waals surface area contributed by atoms with Crippen molar-refractivity contribution in [3.8, 4) is 11.5 Å². The third-order valence-electron chi connectivity index (χ3n) is 5.11. The van der Waals surface area contributed by atoms with Crippen molar-refractivity contribution in [2.45, 2.75) is 11.8 Å². The molecule has 1 fully saturated rings. The number of nitrogens with one attached hydrogen (secondary N) is 1. The lowest BCUT2D eigenvalue weighted by Crippen LogP contribution is -2.50. The number of amides is 2. The van der Waals surface area contributed by atoms with Crippen molar-refractivity contribution in [1.29, 1.82) is 0 Å². The van der Waals surface area contributed by atoms with Crippen LogP contribution in [0.2, 0.25) is 0 Å². The van der Waals surface area contributed by atoms with Crippen LogP contribution in [0.5, 0.6) is 11.5 Å². The number of rotatable bonds is 4. The monoisotopic (exact) mass is 445 g/mol. The predicted octanol–water partition coefficient (Wildman–Crippen LogP) is 1.56. The average Bonchev–Trinajstić information content (AvgIpc) is 2.78. The van der Waals surface area contributed by atoms with Crippen molar-refractivity contribution < 1.29 is 27.5 Å². The Morgan fingerprint density at radius 3 is 2.35 bits per heavy atom. The van der Waals surface area contributed by atoms with E-state index in [1.165, 1.54) is 23.4 Å². The molecule has 2 aliphatic rings. The molecule has 1 saturated heterocycles. The molecule has 9 nitrogen and oxygen atoms in total. The summed E-state index contributed by atoms with van der Waals surface area (Å²) in [5, 5.41) is 2.65. The van der Waals surface area contributed by atoms with Gasteiger partial charge in [0.25, 0.3) is 5.91 Å². The molecule has 0 aromatic heterocycles. The highest BCUT2D eigenvalue weighted by Crippen LogP contribution is 2.33. The first-order valence-electron chi connectivity index (χ1n) is 9.91. The van der Waals surface area contributed by atoms with E-state index in [9.17, 15) is 18.0 Å². The first-order chi connectivity index (χ1) is 14.8. The van der Waals surface area contributed by atoms with Crippen LogP contribution in [0.3, 0.4) is 0 Å². The summed E-state index contributed by atoms with van der Waals surface area (Å²) in [4.78, 5) is 25.8. The van der Waals surface area contributed by atoms with E-state index in [4.69, 9.17) is 9.47 Å². The zero-order valence-electron chi connectivity index (χ0n) is 17.0. The van der Waals surface area contributed by atoms with E-state index in [0.717, 1.165) is 0 Å². The second-order valence-corrected chi connectivity index (χ2v) is 9.20. The summed E-state index contributed by atoms with van der Waals surface area (Å²) in [5.74, 6) is 0.522. The van der Waals surface area contributed by atoms with Crippen molar-refractivity contribution in [2.75, 3.05) is 44.7 Å². The van der Waals surface area contributed by atoms with Crippen LogP contribution in [-0.4, -0.2) is 68.8 Å². The van der Waals surface area contributed by atoms with Gasteiger partial charge in [0, 0.05) is 50.4 Å². The zero-order valence-corrected chi connectivity index (χ0v) is 17.9. The van der Waals surface area contributed by atoms with Crippen molar-refractivity contribution in [3.63, 3.8) is 0 Å². The summed E-state index contributed by atoms with van der Waals surface area (Å²) in [6.45, 7) is 3.13. The summed E-state index contributed by atoms with van der Waals surface area (Å²) < 4.78 is 38.4. The van der Waals surface area contributed by atoms with E-state index < -0.39 is 10.0 Å². The fourth-order valence-electron chi connectivity index (χ4n) is 3.58. The smallest absolute Gasteiger partial charge is 0.254 e. The van der Waals surface area contributed by atoms with E-state index in [1.54, 1.807) is 35.2 Å². The van der Waals surface area contributed by atoms with Crippen LogP contribution >= 0.6 is 0 Å². The molecule has 10 heteroatoms. The molecule has 31 heavy (non-hydrogen) atoms. The van der Waals surface area contributed by atoms with Gasteiger partial charge in [-0.2, -0.15) is 4.31 Å². The number of benzene rings is 2. The Balaban J connectivity index is 1.43. The lowest BCUT2D eigenvalue weighted by atomic mass is 10.1. The highest BCUT2D eigenvalue weighted by molar-refractivity contribution is 7.89. The summed E-state index contributed by atoms with van der Waals surface area (Å²) in [7, 11) is -3.72. The zero-order chi connectivity index (χ0) is 22.0. The normalized spacial score (nSPS) is 16.6. The molecule has 0 aliphatic carbocycles. The topological polar surface area (TPSA) is 105 Å². The molecule has 2 amide bonds. The standard InChI is InChI=1S/C21H23N3O6S/c1-15(25)22-17-4-2-3-16(13-17)21(26)23-7-9-24(10-8-23)31(27,28)18-5-6-19-20(14-18)30-12-11-29-19/h2-6,13-14H,7-12H2,1H3,(H,22,25). The number of ether oxygens (including phenoxy) is 2. The van der Waals surface area contributed by atoms with Gasteiger partial charge in [0.1, 0.15) is 13.2 Å². The average molecular weight is 445 g/mol. The minimum absolute atomic E-state index is 0.138. The second kappa shape index (κ2) is 8.56. The summed E-state index contributed by atoms with van der Waals surface area (Å²) >= 11 is 0. The minimum atomic E-state index is -3.72. The van der Waals surface area contributed by atoms with Crippen molar-refractivity contribution in [1.82, 2.24) is 9.21 Å². The lowest BCUT2D eigenvalue weighted by Gasteiger charge is -2.34. The third-order valence-corrected chi connectivity index (χ3v) is 7.00. The molecule has 1 N–H and O–H groups in total. The van der Waals surface area contributed by atoms with Gasteiger partial charge >= 0.3 is 0 Å². The van der Waals surface area contributed by atoms with Crippen LogP contribution < -0.4 is 14.8 Å². The minimum Gasteiger partial charge on any atom is -0.486 e. The molecule has 2 aliphatic heterocycles. The lowest BCUT2D eigenvalue weighted by molar-refractivity contribution is -0.114. The van der Waals surface area contributed by atoms with Crippen LogP contribution in [0, 0.1) is 0 Å². The van der Waals surface area contributed by atoms with Crippen LogP contribution in [0.4, 0.5) is 5.69 Å². The Bertz CT molecular complexity index is 1110. The number of carbonyl (C=O) groups is 2. The molecular formula is C21H23N3O6S. The number of fused-ring (bicyclic) bond motifs is 1. The number of carbonyl (C=O) groups excluding carboxylic acids is 2. The van der Waals surface area contributed by atoms with Crippen LogP contribution in [0.25, 0.3) is 0 Å². The van der Waals surface area contributed by atoms with Gasteiger partial charge in [-0.1, -0.05) is 6.07 Å². The molecule has 0 unspecified atom stereocenters. The molecule has 2 heterocycles. The molecule has 0 saturated carbocycles. The van der Waals surface area contributed by atoms with Gasteiger partial charge in [-0.05, 0) is 30.3 Å². The molecule has 2 aromatic rings. The number of sulfonamides is 1. The van der Waals surface area contributed by atoms with Crippen LogP contribution in [0.1, 0.15) is 17.3 Å². The maximum atomic E-state index is 13.1. The maximum Gasteiger partial charge on any atom is 0.254 e. The summed E-state index contributed by atoms with van der Waals surface area (Å²) in [5.41, 5.74) is 0.979. The molecule has 0 radical (unpaired) electrons. The number of piperazine rings is 1. The van der Waals surface area contributed by atoms with Gasteiger partial charge in [-0.15, -0.1) is 0 Å². The Morgan fingerprint density at radius 2 is 1.65 bits per heavy atom. The molecule has 0 bridgehead atoms. The number of anilines is 1. The summed E-state index contributed by atoms with van der Waals surface area (Å²) in [6.07, 6.45) is 0. The van der Waals surface area contributed by atoms with Gasteiger partial charge in [0.2, 0.25) is 15.9 Å². The van der Waals surface area contributed by atoms with E-state index in [1.807, 2.05) is 0 Å². The van der Waals surface area contributed by atoms with Gasteiger partial charge in [-0.25, -0.2) is 8.42 Å². The maximum absolute atomic E-state index is 13.1. The molecule has 2 aromatic carbocycles. The Kier molecular flexibility index (Phi) is 5.84. The first kappa shape index (κ1) is 21.1. The number of nitrogens with zero attached hydrogens (tertiary/aromatic N) is 2. The quantitative estimate of drug-likeness (QED) is 0.766. The van der Waals surface area contributed by atoms with Gasteiger partial charge in [0.05, 0.1) is 4.90 Å². The number of hydrogen-bond acceptors (Lipinski definition) is 6. The van der Waals surface area contributed by atoms with E-state index in [0.29, 0.717) is 36.0 Å². The molecule has 4 rings (SSSR count). The van der Waals surface area contributed by atoms with Gasteiger partial charge < -0.3 is 19.7 Å². The predicted molar refractivity (Wildman–Crippen MR) is 113 cm³/mol. The Labute approximate surface area is 180 Å². The van der Waals surface area contributed by atoms with Crippen molar-refractivity contribution >= 4 is 27.5 Å². The van der Waals surface area contributed by atoms with Crippen LogP contribution in [-0.2, 0) is 14.8 Å². The first-order valence-corrected chi connectivity index (χ1v) is 11.4. The van der Waals surface area contributed by atoms with Crippen LogP contribution in [0.15, 0.2) is 47.4 Å². The van der Waals surface area contributed by atoms with E-state index in [-0.39, 0.29) is 42.9 Å². The fourth-order valence-corrected chi connectivity index (χ4v) is 5.02. The molecule has 164 valence electrons. The van der Waals surface area contributed by atoms with Crippen molar-refractivity contribution in [3.05, 3.63) is 48.0 Å². The van der Waals surface area contributed by atoms with Crippen molar-refractivity contribution in [2.24, 2.45) is 0 Å². The highest BCUT2D eigenvalue weighted by atomic mass is 32.2. The van der Waals surface area contributed by atoms with E-state index >= 15 is 0 Å². The number of hydrogen-bond donors (Lipinski definition) is 1. The highest BCUT2D eigenvalue weighted by Gasteiger charge is 2.31. The van der Waals surface area contributed by atoms with E-state index in [2.05, 4.69) is 5.32 Å². The Morgan fingerprint density at radius 1 is 0.935 bits per heavy atom. The SMILES string of the molecule is CC(=O)Nc1cccc(C(=O)N2CCN(S(=O)(=O)c3ccc4c(c3)OCCO4)CC2)c1. The molecule has 0 atom stereocenters. The molecular weight excluding hydrogens is 422 g/mol.